The van der Waals surface area contributed by atoms with Gasteiger partial charge in [-0.15, -0.1) is 0 Å². The average molecular weight is 296 g/mol. The molecule has 1 aliphatic carbocycles. The van der Waals surface area contributed by atoms with Gasteiger partial charge in [0.1, 0.15) is 5.75 Å². The summed E-state index contributed by atoms with van der Waals surface area (Å²) in [4.78, 5) is 0. The molecule has 0 spiro atoms. The second-order valence-electron chi connectivity index (χ2n) is 5.94. The van der Waals surface area contributed by atoms with Gasteiger partial charge < -0.3 is 10.5 Å². The van der Waals surface area contributed by atoms with Crippen molar-refractivity contribution in [1.29, 1.82) is 0 Å². The fourth-order valence-electron chi connectivity index (χ4n) is 2.38. The van der Waals surface area contributed by atoms with E-state index in [4.69, 9.17) is 22.1 Å². The van der Waals surface area contributed by atoms with Gasteiger partial charge in [-0.2, -0.15) is 0 Å². The molecule has 20 heavy (non-hydrogen) atoms. The molecule has 1 aromatic rings. The summed E-state index contributed by atoms with van der Waals surface area (Å²) in [6, 6.07) is 4.46. The molecule has 1 aromatic carbocycles. The van der Waals surface area contributed by atoms with E-state index < -0.39 is 0 Å². The van der Waals surface area contributed by atoms with Crippen molar-refractivity contribution < 1.29 is 4.74 Å². The zero-order valence-corrected chi connectivity index (χ0v) is 13.4. The molecular formula is C17H26ClNO. The highest BCUT2D eigenvalue weighted by molar-refractivity contribution is 6.32. The summed E-state index contributed by atoms with van der Waals surface area (Å²) in [5.74, 6) is 1.64. The highest BCUT2D eigenvalue weighted by Gasteiger charge is 2.23. The average Bonchev–Trinajstić information content (AvgIpc) is 3.22. The van der Waals surface area contributed by atoms with Gasteiger partial charge in [-0.05, 0) is 55.2 Å². The second kappa shape index (κ2) is 7.33. The minimum atomic E-state index is 0.207. The molecule has 0 aliphatic heterocycles. The van der Waals surface area contributed by atoms with E-state index in [0.717, 1.165) is 49.0 Å². The van der Waals surface area contributed by atoms with E-state index in [0.29, 0.717) is 0 Å². The maximum Gasteiger partial charge on any atom is 0.141 e. The lowest BCUT2D eigenvalue weighted by Gasteiger charge is -2.16. The molecular weight excluding hydrogens is 270 g/mol. The van der Waals surface area contributed by atoms with Gasteiger partial charge in [-0.25, -0.2) is 0 Å². The Balaban J connectivity index is 2.15. The van der Waals surface area contributed by atoms with Crippen molar-refractivity contribution in [3.63, 3.8) is 0 Å². The molecule has 112 valence electrons. The van der Waals surface area contributed by atoms with Gasteiger partial charge >= 0.3 is 0 Å². The number of halogens is 1. The van der Waals surface area contributed by atoms with Crippen molar-refractivity contribution in [2.45, 2.75) is 58.4 Å². The quantitative estimate of drug-likeness (QED) is 0.773. The van der Waals surface area contributed by atoms with Crippen LogP contribution in [0.5, 0.6) is 5.75 Å². The van der Waals surface area contributed by atoms with Gasteiger partial charge in [0.15, 0.2) is 0 Å². The molecule has 0 aromatic heterocycles. The van der Waals surface area contributed by atoms with Gasteiger partial charge in [0.05, 0.1) is 11.6 Å². The number of nitrogens with two attached hydrogens (primary N) is 1. The first-order valence-corrected chi connectivity index (χ1v) is 8.21. The second-order valence-corrected chi connectivity index (χ2v) is 6.35. The molecule has 2 nitrogen and oxygen atoms in total. The van der Waals surface area contributed by atoms with E-state index in [1.54, 1.807) is 0 Å². The molecule has 1 fully saturated rings. The summed E-state index contributed by atoms with van der Waals surface area (Å²) >= 11 is 6.43. The predicted molar refractivity (Wildman–Crippen MR) is 85.6 cm³/mol. The van der Waals surface area contributed by atoms with Gasteiger partial charge in [-0.1, -0.05) is 37.9 Å². The fourth-order valence-corrected chi connectivity index (χ4v) is 2.70. The first kappa shape index (κ1) is 15.7. The van der Waals surface area contributed by atoms with Crippen LogP contribution in [0.25, 0.3) is 0 Å². The van der Waals surface area contributed by atoms with Crippen molar-refractivity contribution in [3.8, 4) is 5.75 Å². The Kier molecular flexibility index (Phi) is 5.74. The van der Waals surface area contributed by atoms with Gasteiger partial charge in [-0.3, -0.25) is 0 Å². The SMILES string of the molecule is CCCc1cc(CC(N)CC)cc(Cl)c1OCC1CC1. The first-order chi connectivity index (χ1) is 9.63. The first-order valence-electron chi connectivity index (χ1n) is 7.83. The molecule has 0 heterocycles. The van der Waals surface area contributed by atoms with Gasteiger partial charge in [0.25, 0.3) is 0 Å². The number of benzene rings is 1. The molecule has 1 atom stereocenters. The number of rotatable bonds is 8. The van der Waals surface area contributed by atoms with E-state index >= 15 is 0 Å². The summed E-state index contributed by atoms with van der Waals surface area (Å²) in [5.41, 5.74) is 8.51. The highest BCUT2D eigenvalue weighted by Crippen LogP contribution is 2.35. The van der Waals surface area contributed by atoms with E-state index in [-0.39, 0.29) is 6.04 Å². The normalized spacial score (nSPS) is 16.2. The standard InChI is InChI=1S/C17H26ClNO/c1-3-5-14-8-13(9-15(19)4-2)10-16(18)17(14)20-11-12-6-7-12/h8,10,12,15H,3-7,9,11,19H2,1-2H3. The lowest BCUT2D eigenvalue weighted by Crippen LogP contribution is -2.21. The third kappa shape index (κ3) is 4.39. The van der Waals surface area contributed by atoms with Crippen LogP contribution in [0, 0.1) is 5.92 Å². The molecule has 0 amide bonds. The zero-order chi connectivity index (χ0) is 14.5. The van der Waals surface area contributed by atoms with Crippen LogP contribution in [0.1, 0.15) is 50.7 Å². The van der Waals surface area contributed by atoms with Crippen LogP contribution in [0.2, 0.25) is 5.02 Å². The van der Waals surface area contributed by atoms with Crippen molar-refractivity contribution in [1.82, 2.24) is 0 Å². The maximum atomic E-state index is 6.43. The van der Waals surface area contributed by atoms with Gasteiger partial charge in [0, 0.05) is 6.04 Å². The summed E-state index contributed by atoms with van der Waals surface area (Å²) in [6.45, 7) is 5.11. The van der Waals surface area contributed by atoms with Crippen LogP contribution in [0.15, 0.2) is 12.1 Å². The summed E-state index contributed by atoms with van der Waals surface area (Å²) in [7, 11) is 0. The number of ether oxygens (including phenoxy) is 1. The lowest BCUT2D eigenvalue weighted by molar-refractivity contribution is 0.297. The fraction of sp³-hybridized carbons (Fsp3) is 0.647. The number of hydrogen-bond acceptors (Lipinski definition) is 2. The van der Waals surface area contributed by atoms with Crippen LogP contribution in [-0.4, -0.2) is 12.6 Å². The predicted octanol–water partition coefficient (Wildman–Crippen LogP) is 4.36. The Hall–Kier alpha value is -0.730. The van der Waals surface area contributed by atoms with Crippen LogP contribution in [0.4, 0.5) is 0 Å². The monoisotopic (exact) mass is 295 g/mol. The highest BCUT2D eigenvalue weighted by atomic mass is 35.5. The van der Waals surface area contributed by atoms with E-state index in [1.165, 1.54) is 24.0 Å². The molecule has 0 saturated heterocycles. The minimum absolute atomic E-state index is 0.207. The molecule has 0 bridgehead atoms. The molecule has 3 heteroatoms. The maximum absolute atomic E-state index is 6.43. The molecule has 1 unspecified atom stereocenters. The molecule has 1 saturated carbocycles. The Morgan fingerprint density at radius 3 is 2.70 bits per heavy atom. The van der Waals surface area contributed by atoms with E-state index in [1.807, 2.05) is 6.07 Å². The molecule has 2 N–H and O–H groups in total. The zero-order valence-electron chi connectivity index (χ0n) is 12.6. The van der Waals surface area contributed by atoms with Crippen molar-refractivity contribution in [2.24, 2.45) is 11.7 Å². The summed E-state index contributed by atoms with van der Waals surface area (Å²) < 4.78 is 5.97. The van der Waals surface area contributed by atoms with Gasteiger partial charge in [0.2, 0.25) is 0 Å². The molecule has 2 rings (SSSR count). The third-order valence-electron chi connectivity index (χ3n) is 3.88. The Morgan fingerprint density at radius 1 is 1.35 bits per heavy atom. The van der Waals surface area contributed by atoms with Crippen LogP contribution in [-0.2, 0) is 12.8 Å². The largest absolute Gasteiger partial charge is 0.491 e. The summed E-state index contributed by atoms with van der Waals surface area (Å²) in [6.07, 6.45) is 6.57. The summed E-state index contributed by atoms with van der Waals surface area (Å²) in [5, 5.41) is 0.745. The Morgan fingerprint density at radius 2 is 2.10 bits per heavy atom. The molecule has 0 radical (unpaired) electrons. The van der Waals surface area contributed by atoms with Crippen molar-refractivity contribution >= 4 is 11.6 Å². The van der Waals surface area contributed by atoms with Crippen LogP contribution in [0.3, 0.4) is 0 Å². The number of aryl methyl sites for hydroxylation is 1. The van der Waals surface area contributed by atoms with Crippen LogP contribution < -0.4 is 10.5 Å². The van der Waals surface area contributed by atoms with E-state index in [2.05, 4.69) is 19.9 Å². The van der Waals surface area contributed by atoms with Crippen LogP contribution >= 0.6 is 11.6 Å². The lowest BCUT2D eigenvalue weighted by atomic mass is 10.00. The minimum Gasteiger partial charge on any atom is -0.491 e. The number of hydrogen-bond donors (Lipinski definition) is 1. The van der Waals surface area contributed by atoms with Crippen molar-refractivity contribution in [3.05, 3.63) is 28.3 Å². The van der Waals surface area contributed by atoms with E-state index in [9.17, 15) is 0 Å². The third-order valence-corrected chi connectivity index (χ3v) is 4.16. The smallest absolute Gasteiger partial charge is 0.141 e. The Bertz CT molecular complexity index is 443. The van der Waals surface area contributed by atoms with Crippen molar-refractivity contribution in [2.75, 3.05) is 6.61 Å². The topological polar surface area (TPSA) is 35.2 Å². The molecule has 1 aliphatic rings. The Labute approximate surface area is 127 Å².